The fourth-order valence-electron chi connectivity index (χ4n) is 2.72. The average molecular weight is 304 g/mol. The van der Waals surface area contributed by atoms with Crippen LogP contribution in [0.4, 0.5) is 5.69 Å². The second-order valence-electron chi connectivity index (χ2n) is 6.16. The van der Waals surface area contributed by atoms with E-state index < -0.39 is 0 Å². The van der Waals surface area contributed by atoms with E-state index in [9.17, 15) is 4.79 Å². The Morgan fingerprint density at radius 1 is 1.23 bits per heavy atom. The van der Waals surface area contributed by atoms with Crippen LogP contribution in [-0.4, -0.2) is 68.1 Å². The molecule has 2 rings (SSSR count). The summed E-state index contributed by atoms with van der Waals surface area (Å²) >= 11 is 0. The summed E-state index contributed by atoms with van der Waals surface area (Å²) in [6, 6.07) is 10.5. The Morgan fingerprint density at radius 2 is 1.86 bits per heavy atom. The molecule has 122 valence electrons. The van der Waals surface area contributed by atoms with Gasteiger partial charge in [0.2, 0.25) is 5.91 Å². The molecule has 0 aliphatic carbocycles. The monoisotopic (exact) mass is 304 g/mol. The molecule has 1 atom stereocenters. The molecule has 0 radical (unpaired) electrons. The van der Waals surface area contributed by atoms with E-state index in [-0.39, 0.29) is 11.9 Å². The zero-order valence-corrected chi connectivity index (χ0v) is 13.7. The maximum Gasteiger partial charge on any atom is 0.223 e. The lowest BCUT2D eigenvalue weighted by Gasteiger charge is -2.36. The molecular weight excluding hydrogens is 276 g/mol. The van der Waals surface area contributed by atoms with Crippen LogP contribution in [0, 0.1) is 0 Å². The molecule has 22 heavy (non-hydrogen) atoms. The van der Waals surface area contributed by atoms with Crippen molar-refractivity contribution in [3.8, 4) is 0 Å². The summed E-state index contributed by atoms with van der Waals surface area (Å²) in [6.07, 6.45) is 0.429. The maximum atomic E-state index is 11.9. The first kappa shape index (κ1) is 16.8. The van der Waals surface area contributed by atoms with Gasteiger partial charge in [-0.05, 0) is 19.1 Å². The van der Waals surface area contributed by atoms with Crippen LogP contribution in [-0.2, 0) is 4.79 Å². The summed E-state index contributed by atoms with van der Waals surface area (Å²) in [7, 11) is 1.87. The number of piperazine rings is 1. The normalized spacial score (nSPS) is 17.3. The molecule has 1 amide bonds. The predicted octanol–water partition coefficient (Wildman–Crippen LogP) is 1.00. The summed E-state index contributed by atoms with van der Waals surface area (Å²) < 4.78 is 0. The van der Waals surface area contributed by atoms with Crippen LogP contribution in [0.5, 0.6) is 0 Å². The lowest BCUT2D eigenvalue weighted by atomic mass is 10.2. The Labute approximate surface area is 133 Å². The number of carbonyl (C=O) groups excluding carboxylic acids is 1. The average Bonchev–Trinajstić information content (AvgIpc) is 2.53. The second kappa shape index (κ2) is 8.15. The van der Waals surface area contributed by atoms with Crippen molar-refractivity contribution in [1.82, 2.24) is 9.80 Å². The molecule has 1 fully saturated rings. The summed E-state index contributed by atoms with van der Waals surface area (Å²) in [5, 5.41) is 0. The molecule has 1 aromatic carbocycles. The smallest absolute Gasteiger partial charge is 0.223 e. The molecular formula is C17H28N4O. The molecule has 0 bridgehead atoms. The van der Waals surface area contributed by atoms with Gasteiger partial charge in [0.05, 0.1) is 0 Å². The first-order valence-electron chi connectivity index (χ1n) is 8.08. The minimum absolute atomic E-state index is 0.0654. The van der Waals surface area contributed by atoms with Crippen LogP contribution in [0.2, 0.25) is 0 Å². The van der Waals surface area contributed by atoms with Crippen molar-refractivity contribution in [3.05, 3.63) is 30.3 Å². The largest absolute Gasteiger partial charge is 0.369 e. The molecule has 1 heterocycles. The summed E-state index contributed by atoms with van der Waals surface area (Å²) in [6.45, 7) is 7.76. The third kappa shape index (κ3) is 5.00. The quantitative estimate of drug-likeness (QED) is 0.852. The molecule has 1 aliphatic rings. The molecule has 1 unspecified atom stereocenters. The maximum absolute atomic E-state index is 11.9. The van der Waals surface area contributed by atoms with Crippen LogP contribution in [0.25, 0.3) is 0 Å². The lowest BCUT2D eigenvalue weighted by Crippen LogP contribution is -2.48. The topological polar surface area (TPSA) is 52.8 Å². The zero-order chi connectivity index (χ0) is 15.9. The molecule has 5 heteroatoms. The molecule has 0 aromatic heterocycles. The van der Waals surface area contributed by atoms with Gasteiger partial charge in [-0.2, -0.15) is 0 Å². The predicted molar refractivity (Wildman–Crippen MR) is 91.0 cm³/mol. The van der Waals surface area contributed by atoms with Gasteiger partial charge < -0.3 is 15.5 Å². The highest BCUT2D eigenvalue weighted by Gasteiger charge is 2.18. The molecule has 2 N–H and O–H groups in total. The van der Waals surface area contributed by atoms with Crippen molar-refractivity contribution in [2.24, 2.45) is 5.73 Å². The van der Waals surface area contributed by atoms with Crippen molar-refractivity contribution < 1.29 is 4.79 Å². The molecule has 0 spiro atoms. The first-order chi connectivity index (χ1) is 10.6. The van der Waals surface area contributed by atoms with E-state index in [1.165, 1.54) is 5.69 Å². The molecule has 1 aliphatic heterocycles. The number of hydrogen-bond acceptors (Lipinski definition) is 4. The number of rotatable bonds is 6. The van der Waals surface area contributed by atoms with Gasteiger partial charge in [0.1, 0.15) is 0 Å². The number of amides is 1. The van der Waals surface area contributed by atoms with Gasteiger partial charge in [0.15, 0.2) is 0 Å². The summed E-state index contributed by atoms with van der Waals surface area (Å²) in [4.78, 5) is 18.5. The highest BCUT2D eigenvalue weighted by Crippen LogP contribution is 2.15. The number of para-hydroxylation sites is 1. The molecule has 5 nitrogen and oxygen atoms in total. The van der Waals surface area contributed by atoms with Crippen LogP contribution in [0.3, 0.4) is 0 Å². The third-order valence-electron chi connectivity index (χ3n) is 4.17. The van der Waals surface area contributed by atoms with Crippen molar-refractivity contribution in [2.45, 2.75) is 19.4 Å². The van der Waals surface area contributed by atoms with Crippen molar-refractivity contribution in [3.63, 3.8) is 0 Å². The number of hydrogen-bond donors (Lipinski definition) is 1. The number of nitrogens with zero attached hydrogens (tertiary/aromatic N) is 3. The number of benzene rings is 1. The van der Waals surface area contributed by atoms with Crippen molar-refractivity contribution >= 4 is 11.6 Å². The Bertz CT molecular complexity index is 455. The van der Waals surface area contributed by atoms with E-state index in [4.69, 9.17) is 5.73 Å². The van der Waals surface area contributed by atoms with Crippen LogP contribution >= 0.6 is 0 Å². The molecule has 1 aromatic rings. The van der Waals surface area contributed by atoms with E-state index in [0.29, 0.717) is 6.42 Å². The van der Waals surface area contributed by atoms with Gasteiger partial charge >= 0.3 is 0 Å². The summed E-state index contributed by atoms with van der Waals surface area (Å²) in [5.74, 6) is 0.137. The molecule has 1 saturated heterocycles. The number of carbonyl (C=O) groups is 1. The Hall–Kier alpha value is -1.59. The zero-order valence-electron chi connectivity index (χ0n) is 13.7. The van der Waals surface area contributed by atoms with Gasteiger partial charge in [-0.1, -0.05) is 18.2 Å². The Kier molecular flexibility index (Phi) is 6.21. The number of nitrogens with two attached hydrogens (primary N) is 1. The van der Waals surface area contributed by atoms with Crippen LogP contribution in [0.15, 0.2) is 30.3 Å². The Balaban J connectivity index is 1.70. The second-order valence-corrected chi connectivity index (χ2v) is 6.16. The Morgan fingerprint density at radius 3 is 2.45 bits per heavy atom. The van der Waals surface area contributed by atoms with E-state index in [1.54, 1.807) is 4.90 Å². The fourth-order valence-corrected chi connectivity index (χ4v) is 2.72. The first-order valence-corrected chi connectivity index (χ1v) is 8.08. The van der Waals surface area contributed by atoms with E-state index in [2.05, 4.69) is 40.1 Å². The highest BCUT2D eigenvalue weighted by molar-refractivity contribution is 5.76. The summed E-state index contributed by atoms with van der Waals surface area (Å²) in [5.41, 5.74) is 6.97. The number of anilines is 1. The minimum Gasteiger partial charge on any atom is -0.369 e. The van der Waals surface area contributed by atoms with Gasteiger partial charge in [-0.3, -0.25) is 9.69 Å². The molecule has 0 saturated carbocycles. The highest BCUT2D eigenvalue weighted by atomic mass is 16.2. The SMILES string of the molecule is CC(N)CC(=O)N(C)CCN1CCN(c2ccccc2)CC1. The van der Waals surface area contributed by atoms with Crippen molar-refractivity contribution in [1.29, 1.82) is 0 Å². The van der Waals surface area contributed by atoms with Crippen LogP contribution < -0.4 is 10.6 Å². The van der Waals surface area contributed by atoms with E-state index in [1.807, 2.05) is 14.0 Å². The number of likely N-dealkylation sites (N-methyl/N-ethyl adjacent to an activating group) is 1. The lowest BCUT2D eigenvalue weighted by molar-refractivity contribution is -0.130. The van der Waals surface area contributed by atoms with Gasteiger partial charge in [0.25, 0.3) is 0 Å². The third-order valence-corrected chi connectivity index (χ3v) is 4.17. The van der Waals surface area contributed by atoms with Gasteiger partial charge in [-0.25, -0.2) is 0 Å². The fraction of sp³-hybridized carbons (Fsp3) is 0.588. The van der Waals surface area contributed by atoms with Gasteiger partial charge in [-0.15, -0.1) is 0 Å². The van der Waals surface area contributed by atoms with E-state index in [0.717, 1.165) is 39.3 Å². The van der Waals surface area contributed by atoms with Gasteiger partial charge in [0, 0.05) is 64.5 Å². The van der Waals surface area contributed by atoms with E-state index >= 15 is 0 Å². The minimum atomic E-state index is -0.0654. The standard InChI is InChI=1S/C17H28N4O/c1-15(18)14-17(22)19(2)8-9-20-10-12-21(13-11-20)16-6-4-3-5-7-16/h3-7,15H,8-14,18H2,1-2H3. The van der Waals surface area contributed by atoms with Crippen molar-refractivity contribution in [2.75, 3.05) is 51.2 Å². The van der Waals surface area contributed by atoms with Crippen LogP contribution in [0.1, 0.15) is 13.3 Å².